The molecule has 2 aromatic heterocycles. The Morgan fingerprint density at radius 2 is 2.35 bits per heavy atom. The molecule has 0 spiro atoms. The molecule has 3 rings (SSSR count). The van der Waals surface area contributed by atoms with Gasteiger partial charge < -0.3 is 20.5 Å². The van der Waals surface area contributed by atoms with Gasteiger partial charge in [0.25, 0.3) is 0 Å². The molecule has 0 saturated carbocycles. The monoisotopic (exact) mass is 275 g/mol. The molecule has 8 heteroatoms. The number of amides is 1. The number of hydrogen-bond acceptors (Lipinski definition) is 6. The molecular weight excluding hydrogens is 258 g/mol. The van der Waals surface area contributed by atoms with Crippen LogP contribution in [0.5, 0.6) is 0 Å². The molecule has 1 aliphatic heterocycles. The third-order valence-corrected chi connectivity index (χ3v) is 3.14. The standard InChI is InChI=1S/C12H17N7O/c1-2-3-14-12-17-10-9(15-7-16-10)11(18-12)19-5-4-13-8(20)6-19/h7H,2-6H2,1H3,(H,13,20)(H2,14,15,16,17,18). The van der Waals surface area contributed by atoms with Gasteiger partial charge >= 0.3 is 0 Å². The number of fused-ring (bicyclic) bond motifs is 1. The third-order valence-electron chi connectivity index (χ3n) is 3.14. The average molecular weight is 275 g/mol. The lowest BCUT2D eigenvalue weighted by Crippen LogP contribution is -2.48. The summed E-state index contributed by atoms with van der Waals surface area (Å²) < 4.78 is 0. The number of H-pyrrole nitrogens is 1. The van der Waals surface area contributed by atoms with Crippen molar-refractivity contribution in [2.75, 3.05) is 36.4 Å². The molecule has 0 aromatic carbocycles. The Bertz CT molecular complexity index is 623. The first-order chi connectivity index (χ1) is 9.78. The highest BCUT2D eigenvalue weighted by Crippen LogP contribution is 2.23. The van der Waals surface area contributed by atoms with Crippen molar-refractivity contribution < 1.29 is 4.79 Å². The van der Waals surface area contributed by atoms with E-state index in [9.17, 15) is 4.79 Å². The number of anilines is 2. The van der Waals surface area contributed by atoms with Crippen molar-refractivity contribution in [3.05, 3.63) is 6.33 Å². The molecule has 106 valence electrons. The second-order valence-electron chi connectivity index (χ2n) is 4.67. The molecule has 0 radical (unpaired) electrons. The number of aromatic nitrogens is 4. The Morgan fingerprint density at radius 1 is 1.45 bits per heavy atom. The van der Waals surface area contributed by atoms with Crippen molar-refractivity contribution in [1.82, 2.24) is 25.3 Å². The second-order valence-corrected chi connectivity index (χ2v) is 4.67. The average Bonchev–Trinajstić information content (AvgIpc) is 2.92. The van der Waals surface area contributed by atoms with Crippen LogP contribution >= 0.6 is 0 Å². The number of rotatable bonds is 4. The highest BCUT2D eigenvalue weighted by molar-refractivity contribution is 5.89. The van der Waals surface area contributed by atoms with Crippen molar-refractivity contribution in [2.45, 2.75) is 13.3 Å². The maximum atomic E-state index is 11.5. The number of piperazine rings is 1. The van der Waals surface area contributed by atoms with Gasteiger partial charge in [-0.15, -0.1) is 0 Å². The van der Waals surface area contributed by atoms with Crippen LogP contribution in [0.2, 0.25) is 0 Å². The molecule has 3 N–H and O–H groups in total. The van der Waals surface area contributed by atoms with E-state index in [0.717, 1.165) is 30.8 Å². The van der Waals surface area contributed by atoms with Crippen LogP contribution in [0.3, 0.4) is 0 Å². The van der Waals surface area contributed by atoms with E-state index in [1.54, 1.807) is 6.33 Å². The summed E-state index contributed by atoms with van der Waals surface area (Å²) in [7, 11) is 0. The number of aromatic amines is 1. The van der Waals surface area contributed by atoms with Crippen LogP contribution in [0.4, 0.5) is 11.8 Å². The van der Waals surface area contributed by atoms with Gasteiger partial charge in [0.2, 0.25) is 11.9 Å². The van der Waals surface area contributed by atoms with E-state index in [1.807, 2.05) is 4.90 Å². The fraction of sp³-hybridized carbons (Fsp3) is 0.500. The zero-order chi connectivity index (χ0) is 13.9. The third kappa shape index (κ3) is 2.36. The van der Waals surface area contributed by atoms with Gasteiger partial charge in [0.1, 0.15) is 5.52 Å². The Kier molecular flexibility index (Phi) is 3.36. The van der Waals surface area contributed by atoms with E-state index < -0.39 is 0 Å². The first-order valence-electron chi connectivity index (χ1n) is 6.74. The van der Waals surface area contributed by atoms with Gasteiger partial charge in [0, 0.05) is 19.6 Å². The van der Waals surface area contributed by atoms with Gasteiger partial charge in [0.05, 0.1) is 12.9 Å². The largest absolute Gasteiger partial charge is 0.354 e. The topological polar surface area (TPSA) is 98.8 Å². The van der Waals surface area contributed by atoms with Crippen molar-refractivity contribution >= 4 is 28.8 Å². The summed E-state index contributed by atoms with van der Waals surface area (Å²) >= 11 is 0. The van der Waals surface area contributed by atoms with Crippen LogP contribution < -0.4 is 15.5 Å². The van der Waals surface area contributed by atoms with Crippen LogP contribution in [0.15, 0.2) is 6.33 Å². The lowest BCUT2D eigenvalue weighted by atomic mass is 10.3. The fourth-order valence-electron chi connectivity index (χ4n) is 2.18. The van der Waals surface area contributed by atoms with Crippen LogP contribution in [0, 0.1) is 0 Å². The number of nitrogens with zero attached hydrogens (tertiary/aromatic N) is 4. The van der Waals surface area contributed by atoms with E-state index >= 15 is 0 Å². The van der Waals surface area contributed by atoms with Crippen LogP contribution in [-0.2, 0) is 4.79 Å². The zero-order valence-corrected chi connectivity index (χ0v) is 11.3. The number of imidazole rings is 1. The van der Waals surface area contributed by atoms with Crippen molar-refractivity contribution in [2.24, 2.45) is 0 Å². The van der Waals surface area contributed by atoms with Crippen molar-refractivity contribution in [1.29, 1.82) is 0 Å². The summed E-state index contributed by atoms with van der Waals surface area (Å²) in [5, 5.41) is 5.97. The Hall–Kier alpha value is -2.38. The second kappa shape index (κ2) is 5.32. The summed E-state index contributed by atoms with van der Waals surface area (Å²) in [4.78, 5) is 29.6. The Balaban J connectivity index is 1.98. The van der Waals surface area contributed by atoms with Gasteiger partial charge in [-0.2, -0.15) is 9.97 Å². The normalized spacial score (nSPS) is 15.4. The minimum absolute atomic E-state index is 0.00518. The number of hydrogen-bond donors (Lipinski definition) is 3. The maximum absolute atomic E-state index is 11.5. The molecule has 1 saturated heterocycles. The summed E-state index contributed by atoms with van der Waals surface area (Å²) in [6.45, 7) is 4.53. The van der Waals surface area contributed by atoms with Crippen LogP contribution in [0.25, 0.3) is 11.2 Å². The lowest BCUT2D eigenvalue weighted by Gasteiger charge is -2.27. The Morgan fingerprint density at radius 3 is 3.15 bits per heavy atom. The van der Waals surface area contributed by atoms with Gasteiger partial charge in [-0.3, -0.25) is 4.79 Å². The zero-order valence-electron chi connectivity index (χ0n) is 11.3. The van der Waals surface area contributed by atoms with E-state index in [0.29, 0.717) is 24.7 Å². The van der Waals surface area contributed by atoms with E-state index in [2.05, 4.69) is 37.5 Å². The molecule has 20 heavy (non-hydrogen) atoms. The predicted octanol–water partition coefficient (Wildman–Crippen LogP) is 0.111. The number of nitrogens with one attached hydrogen (secondary N) is 3. The summed E-state index contributed by atoms with van der Waals surface area (Å²) in [5.74, 6) is 1.28. The fourth-order valence-corrected chi connectivity index (χ4v) is 2.18. The maximum Gasteiger partial charge on any atom is 0.239 e. The van der Waals surface area contributed by atoms with Gasteiger partial charge in [-0.05, 0) is 6.42 Å². The minimum Gasteiger partial charge on any atom is -0.354 e. The molecule has 0 atom stereocenters. The van der Waals surface area contributed by atoms with E-state index in [1.165, 1.54) is 0 Å². The number of carbonyl (C=O) groups excluding carboxylic acids is 1. The van der Waals surface area contributed by atoms with Gasteiger partial charge in [-0.1, -0.05) is 6.92 Å². The van der Waals surface area contributed by atoms with E-state index in [4.69, 9.17) is 0 Å². The predicted molar refractivity (Wildman–Crippen MR) is 75.7 cm³/mol. The minimum atomic E-state index is 0.00518. The quantitative estimate of drug-likeness (QED) is 0.732. The first kappa shape index (κ1) is 12.6. The smallest absolute Gasteiger partial charge is 0.239 e. The SMILES string of the molecule is CCCNc1nc(N2CCNC(=O)C2)c2[nH]cnc2n1. The molecule has 1 aliphatic rings. The summed E-state index contributed by atoms with van der Waals surface area (Å²) in [5.41, 5.74) is 1.38. The van der Waals surface area contributed by atoms with Crippen molar-refractivity contribution in [3.63, 3.8) is 0 Å². The van der Waals surface area contributed by atoms with Crippen LogP contribution in [-0.4, -0.2) is 52.0 Å². The molecular formula is C12H17N7O. The van der Waals surface area contributed by atoms with E-state index in [-0.39, 0.29) is 5.91 Å². The van der Waals surface area contributed by atoms with Crippen molar-refractivity contribution in [3.8, 4) is 0 Å². The molecule has 0 unspecified atom stereocenters. The molecule has 3 heterocycles. The molecule has 1 fully saturated rings. The summed E-state index contributed by atoms with van der Waals surface area (Å²) in [6, 6.07) is 0. The highest BCUT2D eigenvalue weighted by Gasteiger charge is 2.21. The first-order valence-corrected chi connectivity index (χ1v) is 6.74. The molecule has 0 bridgehead atoms. The molecule has 0 aliphatic carbocycles. The lowest BCUT2D eigenvalue weighted by molar-refractivity contribution is -0.120. The van der Waals surface area contributed by atoms with Gasteiger partial charge in [-0.25, -0.2) is 4.98 Å². The van der Waals surface area contributed by atoms with Crippen LogP contribution in [0.1, 0.15) is 13.3 Å². The molecule has 8 nitrogen and oxygen atoms in total. The molecule has 1 amide bonds. The number of carbonyl (C=O) groups is 1. The molecule has 2 aromatic rings. The Labute approximate surface area is 116 Å². The highest BCUT2D eigenvalue weighted by atomic mass is 16.2. The van der Waals surface area contributed by atoms with Gasteiger partial charge in [0.15, 0.2) is 11.5 Å². The summed E-state index contributed by atoms with van der Waals surface area (Å²) in [6.07, 6.45) is 2.58.